The average molecular weight is 163 g/mol. The standard InChI is InChI=1S/C9H9NO2/c10-9-6-3-1-2-4-8(6)12-5-7(9)11/h1-4,7,10-11H,5H2. The number of rotatable bonds is 0. The van der Waals surface area contributed by atoms with Crippen molar-refractivity contribution in [1.29, 1.82) is 5.41 Å². The predicted molar refractivity (Wildman–Crippen MR) is 44.8 cm³/mol. The third kappa shape index (κ3) is 0.987. The summed E-state index contributed by atoms with van der Waals surface area (Å²) in [6, 6.07) is 7.26. The largest absolute Gasteiger partial charge is 0.490 e. The minimum atomic E-state index is -0.778. The maximum absolute atomic E-state index is 9.27. The van der Waals surface area contributed by atoms with Crippen LogP contribution in [0.1, 0.15) is 5.56 Å². The zero-order chi connectivity index (χ0) is 8.55. The number of para-hydroxylation sites is 1. The van der Waals surface area contributed by atoms with E-state index >= 15 is 0 Å². The molecular weight excluding hydrogens is 154 g/mol. The van der Waals surface area contributed by atoms with Crippen molar-refractivity contribution in [2.24, 2.45) is 0 Å². The highest BCUT2D eigenvalue weighted by atomic mass is 16.5. The Bertz CT molecular complexity index is 322. The third-order valence-corrected chi connectivity index (χ3v) is 1.91. The van der Waals surface area contributed by atoms with Crippen molar-refractivity contribution < 1.29 is 9.84 Å². The molecule has 0 saturated carbocycles. The second kappa shape index (κ2) is 2.60. The smallest absolute Gasteiger partial charge is 0.130 e. The SMILES string of the molecule is N=C1c2ccccc2OCC1O. The highest BCUT2D eigenvalue weighted by molar-refractivity contribution is 6.04. The van der Waals surface area contributed by atoms with Crippen LogP contribution in [0.2, 0.25) is 0 Å². The van der Waals surface area contributed by atoms with Crippen molar-refractivity contribution in [3.05, 3.63) is 29.8 Å². The van der Waals surface area contributed by atoms with Gasteiger partial charge in [0, 0.05) is 5.56 Å². The fraction of sp³-hybridized carbons (Fsp3) is 0.222. The molecule has 1 aromatic carbocycles. The Labute approximate surface area is 70.1 Å². The van der Waals surface area contributed by atoms with Crippen LogP contribution < -0.4 is 4.74 Å². The molecule has 0 fully saturated rings. The first-order valence-electron chi connectivity index (χ1n) is 3.78. The Kier molecular flexibility index (Phi) is 1.59. The van der Waals surface area contributed by atoms with Crippen LogP contribution in [-0.4, -0.2) is 23.5 Å². The summed E-state index contributed by atoms with van der Waals surface area (Å²) in [5.41, 5.74) is 0.938. The van der Waals surface area contributed by atoms with Crippen LogP contribution in [0.4, 0.5) is 0 Å². The van der Waals surface area contributed by atoms with Gasteiger partial charge in [-0.1, -0.05) is 12.1 Å². The monoisotopic (exact) mass is 163 g/mol. The highest BCUT2D eigenvalue weighted by Gasteiger charge is 2.22. The van der Waals surface area contributed by atoms with Crippen molar-refractivity contribution in [2.45, 2.75) is 6.10 Å². The van der Waals surface area contributed by atoms with Gasteiger partial charge in [0.25, 0.3) is 0 Å². The molecule has 62 valence electrons. The summed E-state index contributed by atoms with van der Waals surface area (Å²) in [7, 11) is 0. The molecule has 0 aliphatic carbocycles. The fourth-order valence-electron chi connectivity index (χ4n) is 1.25. The van der Waals surface area contributed by atoms with E-state index in [1.165, 1.54) is 0 Å². The number of ether oxygens (including phenoxy) is 1. The zero-order valence-corrected chi connectivity index (χ0v) is 6.45. The van der Waals surface area contributed by atoms with Crippen LogP contribution in [-0.2, 0) is 0 Å². The molecule has 0 amide bonds. The summed E-state index contributed by atoms with van der Waals surface area (Å²) in [5.74, 6) is 0.688. The molecule has 3 heteroatoms. The van der Waals surface area contributed by atoms with E-state index in [1.807, 2.05) is 12.1 Å². The molecule has 1 heterocycles. The maximum Gasteiger partial charge on any atom is 0.130 e. The fourth-order valence-corrected chi connectivity index (χ4v) is 1.25. The molecule has 0 aromatic heterocycles. The molecule has 2 N–H and O–H groups in total. The molecular formula is C9H9NO2. The average Bonchev–Trinajstić information content (AvgIpc) is 2.12. The number of aliphatic hydroxyl groups is 1. The summed E-state index contributed by atoms with van der Waals surface area (Å²) >= 11 is 0. The van der Waals surface area contributed by atoms with Gasteiger partial charge in [0.05, 0.1) is 5.71 Å². The van der Waals surface area contributed by atoms with E-state index in [2.05, 4.69) is 0 Å². The van der Waals surface area contributed by atoms with Gasteiger partial charge in [-0.05, 0) is 12.1 Å². The highest BCUT2D eigenvalue weighted by Crippen LogP contribution is 2.23. The Morgan fingerprint density at radius 3 is 3.00 bits per heavy atom. The van der Waals surface area contributed by atoms with Crippen molar-refractivity contribution in [2.75, 3.05) is 6.61 Å². The van der Waals surface area contributed by atoms with E-state index in [1.54, 1.807) is 12.1 Å². The van der Waals surface area contributed by atoms with Crippen LogP contribution in [0.25, 0.3) is 0 Å². The van der Waals surface area contributed by atoms with Gasteiger partial charge in [-0.15, -0.1) is 0 Å². The van der Waals surface area contributed by atoms with E-state index in [0.717, 1.165) is 0 Å². The quantitative estimate of drug-likeness (QED) is 0.594. The van der Waals surface area contributed by atoms with E-state index in [-0.39, 0.29) is 12.3 Å². The van der Waals surface area contributed by atoms with Gasteiger partial charge < -0.3 is 15.3 Å². The molecule has 0 bridgehead atoms. The molecule has 1 aromatic rings. The first-order valence-corrected chi connectivity index (χ1v) is 3.78. The van der Waals surface area contributed by atoms with E-state index in [9.17, 15) is 5.11 Å². The van der Waals surface area contributed by atoms with Crippen LogP contribution >= 0.6 is 0 Å². The molecule has 2 rings (SSSR count). The second-order valence-corrected chi connectivity index (χ2v) is 2.74. The first-order chi connectivity index (χ1) is 5.79. The lowest BCUT2D eigenvalue weighted by Gasteiger charge is -2.22. The van der Waals surface area contributed by atoms with Gasteiger partial charge in [0.15, 0.2) is 0 Å². The van der Waals surface area contributed by atoms with Crippen molar-refractivity contribution in [3.63, 3.8) is 0 Å². The summed E-state index contributed by atoms with van der Waals surface area (Å²) in [4.78, 5) is 0. The summed E-state index contributed by atoms with van der Waals surface area (Å²) in [6.07, 6.45) is -0.778. The van der Waals surface area contributed by atoms with Crippen LogP contribution in [0, 0.1) is 5.41 Å². The minimum absolute atomic E-state index is 0.190. The molecule has 0 radical (unpaired) electrons. The molecule has 0 spiro atoms. The summed E-state index contributed by atoms with van der Waals surface area (Å²) in [6.45, 7) is 0.190. The predicted octanol–water partition coefficient (Wildman–Crippen LogP) is 0.808. The lowest BCUT2D eigenvalue weighted by atomic mass is 10.0. The van der Waals surface area contributed by atoms with Gasteiger partial charge in [-0.2, -0.15) is 0 Å². The van der Waals surface area contributed by atoms with Crippen molar-refractivity contribution >= 4 is 5.71 Å². The molecule has 1 unspecified atom stereocenters. The third-order valence-electron chi connectivity index (χ3n) is 1.91. The normalized spacial score (nSPS) is 21.4. The first kappa shape index (κ1) is 7.31. The molecule has 1 aliphatic heterocycles. The number of hydrogen-bond donors (Lipinski definition) is 2. The summed E-state index contributed by atoms with van der Waals surface area (Å²) < 4.78 is 5.22. The Morgan fingerprint density at radius 2 is 2.17 bits per heavy atom. The van der Waals surface area contributed by atoms with Crippen LogP contribution in [0.5, 0.6) is 5.75 Å². The van der Waals surface area contributed by atoms with Gasteiger partial charge in [0.1, 0.15) is 18.5 Å². The molecule has 12 heavy (non-hydrogen) atoms. The number of nitrogens with one attached hydrogen (secondary N) is 1. The van der Waals surface area contributed by atoms with Crippen LogP contribution in [0.15, 0.2) is 24.3 Å². The number of fused-ring (bicyclic) bond motifs is 1. The zero-order valence-electron chi connectivity index (χ0n) is 6.45. The van der Waals surface area contributed by atoms with Crippen LogP contribution in [0.3, 0.4) is 0 Å². The van der Waals surface area contributed by atoms with E-state index < -0.39 is 6.10 Å². The molecule has 0 saturated heterocycles. The molecule has 1 aliphatic rings. The topological polar surface area (TPSA) is 53.3 Å². The Hall–Kier alpha value is -1.35. The van der Waals surface area contributed by atoms with Gasteiger partial charge in [0.2, 0.25) is 0 Å². The van der Waals surface area contributed by atoms with Gasteiger partial charge in [-0.3, -0.25) is 0 Å². The second-order valence-electron chi connectivity index (χ2n) is 2.74. The van der Waals surface area contributed by atoms with Crippen molar-refractivity contribution in [1.82, 2.24) is 0 Å². The summed E-state index contributed by atoms with van der Waals surface area (Å²) in [5, 5.41) is 16.8. The van der Waals surface area contributed by atoms with Gasteiger partial charge >= 0.3 is 0 Å². The lowest BCUT2D eigenvalue weighted by Crippen LogP contribution is -2.32. The number of aliphatic hydroxyl groups excluding tert-OH is 1. The Balaban J connectivity index is 2.49. The van der Waals surface area contributed by atoms with E-state index in [4.69, 9.17) is 10.1 Å². The minimum Gasteiger partial charge on any atom is -0.490 e. The number of benzene rings is 1. The maximum atomic E-state index is 9.27. The Morgan fingerprint density at radius 1 is 1.42 bits per heavy atom. The van der Waals surface area contributed by atoms with Crippen molar-refractivity contribution in [3.8, 4) is 5.75 Å². The van der Waals surface area contributed by atoms with E-state index in [0.29, 0.717) is 11.3 Å². The van der Waals surface area contributed by atoms with Gasteiger partial charge in [-0.25, -0.2) is 0 Å². The molecule has 1 atom stereocenters. The lowest BCUT2D eigenvalue weighted by molar-refractivity contribution is 0.150. The number of hydrogen-bond acceptors (Lipinski definition) is 3. The molecule has 3 nitrogen and oxygen atoms in total.